The minimum Gasteiger partial charge on any atom is -0.323 e. The first kappa shape index (κ1) is 9.64. The second-order valence-corrected chi connectivity index (χ2v) is 3.77. The summed E-state index contributed by atoms with van der Waals surface area (Å²) in [6.45, 7) is 1.70. The third-order valence-electron chi connectivity index (χ3n) is 2.42. The summed E-state index contributed by atoms with van der Waals surface area (Å²) in [6, 6.07) is 3.21. The SMILES string of the molecule is CC1(Cc2ccncc2)NC(=O)NC1=O. The molecule has 1 saturated heterocycles. The molecule has 0 radical (unpaired) electrons. The van der Waals surface area contributed by atoms with Crippen LogP contribution in [0.3, 0.4) is 0 Å². The van der Waals surface area contributed by atoms with Crippen LogP contribution < -0.4 is 10.6 Å². The molecule has 3 amide bonds. The maximum absolute atomic E-state index is 11.5. The molecule has 1 atom stereocenters. The molecule has 0 aliphatic carbocycles. The molecule has 5 heteroatoms. The van der Waals surface area contributed by atoms with E-state index in [0.29, 0.717) is 6.42 Å². The van der Waals surface area contributed by atoms with E-state index in [9.17, 15) is 9.59 Å². The Labute approximate surface area is 86.9 Å². The van der Waals surface area contributed by atoms with Crippen molar-refractivity contribution in [3.63, 3.8) is 0 Å². The highest BCUT2D eigenvalue weighted by atomic mass is 16.2. The van der Waals surface area contributed by atoms with Crippen LogP contribution in [0.25, 0.3) is 0 Å². The van der Waals surface area contributed by atoms with Crippen LogP contribution in [-0.4, -0.2) is 22.5 Å². The molecule has 1 aliphatic rings. The molecule has 1 unspecified atom stereocenters. The first-order valence-electron chi connectivity index (χ1n) is 4.63. The quantitative estimate of drug-likeness (QED) is 0.678. The number of nitrogens with zero attached hydrogens (tertiary/aromatic N) is 1. The molecule has 5 nitrogen and oxygen atoms in total. The second kappa shape index (κ2) is 3.34. The molecular weight excluding hydrogens is 194 g/mol. The Morgan fingerprint density at radius 3 is 2.53 bits per heavy atom. The Bertz CT molecular complexity index is 404. The summed E-state index contributed by atoms with van der Waals surface area (Å²) < 4.78 is 0. The first-order chi connectivity index (χ1) is 7.10. The van der Waals surface area contributed by atoms with E-state index in [1.165, 1.54) is 0 Å². The van der Waals surface area contributed by atoms with Crippen molar-refractivity contribution in [1.82, 2.24) is 15.6 Å². The zero-order valence-electron chi connectivity index (χ0n) is 8.28. The number of carbonyl (C=O) groups is 2. The number of imide groups is 1. The van der Waals surface area contributed by atoms with Gasteiger partial charge in [-0.2, -0.15) is 0 Å². The smallest absolute Gasteiger partial charge is 0.322 e. The van der Waals surface area contributed by atoms with Gasteiger partial charge in [0.2, 0.25) is 0 Å². The van der Waals surface area contributed by atoms with Gasteiger partial charge in [0.1, 0.15) is 5.54 Å². The Hall–Kier alpha value is -1.91. The van der Waals surface area contributed by atoms with Crippen molar-refractivity contribution in [3.05, 3.63) is 30.1 Å². The van der Waals surface area contributed by atoms with E-state index >= 15 is 0 Å². The highest BCUT2D eigenvalue weighted by Crippen LogP contribution is 2.16. The molecular formula is C10H11N3O2. The van der Waals surface area contributed by atoms with Crippen LogP contribution in [0.2, 0.25) is 0 Å². The van der Waals surface area contributed by atoms with E-state index in [-0.39, 0.29) is 5.91 Å². The molecule has 1 aromatic rings. The number of hydrogen-bond acceptors (Lipinski definition) is 3. The minimum atomic E-state index is -0.849. The molecule has 0 bridgehead atoms. The fourth-order valence-electron chi connectivity index (χ4n) is 1.61. The standard InChI is InChI=1S/C10H11N3O2/c1-10(8(14)12-9(15)13-10)6-7-2-4-11-5-3-7/h2-5H,6H2,1H3,(H2,12,13,14,15). The van der Waals surface area contributed by atoms with Gasteiger partial charge in [0.15, 0.2) is 0 Å². The molecule has 2 N–H and O–H groups in total. The van der Waals surface area contributed by atoms with E-state index in [1.807, 2.05) is 12.1 Å². The zero-order chi connectivity index (χ0) is 10.9. The summed E-state index contributed by atoms with van der Waals surface area (Å²) in [5.41, 5.74) is 0.114. The van der Waals surface area contributed by atoms with Crippen LogP contribution in [0.15, 0.2) is 24.5 Å². The highest BCUT2D eigenvalue weighted by Gasteiger charge is 2.41. The van der Waals surface area contributed by atoms with Crippen LogP contribution >= 0.6 is 0 Å². The molecule has 2 heterocycles. The van der Waals surface area contributed by atoms with Crippen molar-refractivity contribution in [2.45, 2.75) is 18.9 Å². The normalized spacial score (nSPS) is 24.9. The average Bonchev–Trinajstić information content (AvgIpc) is 2.41. The summed E-state index contributed by atoms with van der Waals surface area (Å²) in [5.74, 6) is -0.288. The van der Waals surface area contributed by atoms with Crippen LogP contribution in [0.4, 0.5) is 4.79 Å². The van der Waals surface area contributed by atoms with Gasteiger partial charge in [-0.05, 0) is 24.6 Å². The van der Waals surface area contributed by atoms with Crippen LogP contribution in [0.5, 0.6) is 0 Å². The van der Waals surface area contributed by atoms with Crippen molar-refractivity contribution in [3.8, 4) is 0 Å². The highest BCUT2D eigenvalue weighted by molar-refractivity contribution is 6.06. The predicted octanol–water partition coefficient (Wildman–Crippen LogP) is 0.222. The monoisotopic (exact) mass is 205 g/mol. The number of pyridine rings is 1. The predicted molar refractivity (Wildman–Crippen MR) is 53.0 cm³/mol. The van der Waals surface area contributed by atoms with E-state index in [1.54, 1.807) is 19.3 Å². The van der Waals surface area contributed by atoms with Crippen molar-refractivity contribution < 1.29 is 9.59 Å². The summed E-state index contributed by atoms with van der Waals surface area (Å²) in [6.07, 6.45) is 3.79. The Morgan fingerprint density at radius 2 is 2.00 bits per heavy atom. The lowest BCUT2D eigenvalue weighted by atomic mass is 9.94. The topological polar surface area (TPSA) is 71.1 Å². The average molecular weight is 205 g/mol. The molecule has 78 valence electrons. The summed E-state index contributed by atoms with van der Waals surface area (Å²) in [4.78, 5) is 26.4. The zero-order valence-corrected chi connectivity index (χ0v) is 8.28. The van der Waals surface area contributed by atoms with Gasteiger partial charge < -0.3 is 5.32 Å². The second-order valence-electron chi connectivity index (χ2n) is 3.77. The van der Waals surface area contributed by atoms with Gasteiger partial charge in [-0.15, -0.1) is 0 Å². The number of aromatic nitrogens is 1. The summed E-state index contributed by atoms with van der Waals surface area (Å²) in [5, 5.41) is 4.83. The fraction of sp³-hybridized carbons (Fsp3) is 0.300. The molecule has 0 spiro atoms. The number of rotatable bonds is 2. The third-order valence-corrected chi connectivity index (χ3v) is 2.42. The molecule has 1 aliphatic heterocycles. The van der Waals surface area contributed by atoms with Crippen LogP contribution in [0.1, 0.15) is 12.5 Å². The van der Waals surface area contributed by atoms with Crippen molar-refractivity contribution in [2.75, 3.05) is 0 Å². The Kier molecular flexibility index (Phi) is 2.15. The van der Waals surface area contributed by atoms with E-state index in [2.05, 4.69) is 15.6 Å². The van der Waals surface area contributed by atoms with Gasteiger partial charge in [-0.25, -0.2) is 4.79 Å². The maximum Gasteiger partial charge on any atom is 0.322 e. The van der Waals surface area contributed by atoms with Crippen molar-refractivity contribution >= 4 is 11.9 Å². The van der Waals surface area contributed by atoms with Gasteiger partial charge in [-0.3, -0.25) is 15.1 Å². The van der Waals surface area contributed by atoms with Gasteiger partial charge in [0.25, 0.3) is 5.91 Å². The summed E-state index contributed by atoms with van der Waals surface area (Å²) >= 11 is 0. The van der Waals surface area contributed by atoms with Crippen molar-refractivity contribution in [1.29, 1.82) is 0 Å². The van der Waals surface area contributed by atoms with E-state index < -0.39 is 11.6 Å². The number of hydrogen-bond donors (Lipinski definition) is 2. The molecule has 1 fully saturated rings. The Morgan fingerprint density at radius 1 is 1.33 bits per heavy atom. The van der Waals surface area contributed by atoms with E-state index in [4.69, 9.17) is 0 Å². The molecule has 15 heavy (non-hydrogen) atoms. The molecule has 0 aromatic carbocycles. The van der Waals surface area contributed by atoms with Gasteiger partial charge in [0, 0.05) is 18.8 Å². The van der Waals surface area contributed by atoms with Crippen LogP contribution in [-0.2, 0) is 11.2 Å². The lowest BCUT2D eigenvalue weighted by Crippen LogP contribution is -2.45. The van der Waals surface area contributed by atoms with Gasteiger partial charge >= 0.3 is 6.03 Å². The van der Waals surface area contributed by atoms with Gasteiger partial charge in [0.05, 0.1) is 0 Å². The Balaban J connectivity index is 2.18. The lowest BCUT2D eigenvalue weighted by Gasteiger charge is -2.20. The lowest BCUT2D eigenvalue weighted by molar-refractivity contribution is -0.123. The minimum absolute atomic E-state index is 0.288. The molecule has 2 rings (SSSR count). The van der Waals surface area contributed by atoms with Gasteiger partial charge in [-0.1, -0.05) is 0 Å². The van der Waals surface area contributed by atoms with E-state index in [0.717, 1.165) is 5.56 Å². The number of nitrogens with one attached hydrogen (secondary N) is 2. The number of carbonyl (C=O) groups excluding carboxylic acids is 2. The molecule has 1 aromatic heterocycles. The first-order valence-corrected chi connectivity index (χ1v) is 4.63. The maximum atomic E-state index is 11.5. The number of urea groups is 1. The largest absolute Gasteiger partial charge is 0.323 e. The van der Waals surface area contributed by atoms with Crippen molar-refractivity contribution in [2.24, 2.45) is 0 Å². The third kappa shape index (κ3) is 1.81. The van der Waals surface area contributed by atoms with Crippen LogP contribution in [0, 0.1) is 0 Å². The summed E-state index contributed by atoms with van der Waals surface area (Å²) in [7, 11) is 0. The number of amides is 3. The molecule has 0 saturated carbocycles. The fourth-order valence-corrected chi connectivity index (χ4v) is 1.61.